The summed E-state index contributed by atoms with van der Waals surface area (Å²) < 4.78 is 30.9. The number of hydrogen-bond donors (Lipinski definition) is 2. The Balaban J connectivity index is 2.61. The summed E-state index contributed by atoms with van der Waals surface area (Å²) in [5, 5.41) is 7.20. The van der Waals surface area contributed by atoms with Crippen LogP contribution in [0.1, 0.15) is 26.7 Å². The standard InChI is InChI=1S/C9H17NO5S/c1-6(8-4-3-5-15-8)10-16(13,14)7(2)9(11)12/h6-8,10H,3-5H2,1-2H3,(H,11,12). The molecule has 6 nitrogen and oxygen atoms in total. The van der Waals surface area contributed by atoms with Crippen molar-refractivity contribution < 1.29 is 23.1 Å². The van der Waals surface area contributed by atoms with E-state index in [1.165, 1.54) is 0 Å². The predicted molar refractivity (Wildman–Crippen MR) is 57.6 cm³/mol. The molecule has 3 atom stereocenters. The minimum Gasteiger partial charge on any atom is -0.480 e. The van der Waals surface area contributed by atoms with Gasteiger partial charge in [0.1, 0.15) is 0 Å². The monoisotopic (exact) mass is 251 g/mol. The van der Waals surface area contributed by atoms with Gasteiger partial charge < -0.3 is 9.84 Å². The Labute approximate surface area is 95.0 Å². The Morgan fingerprint density at radius 1 is 1.50 bits per heavy atom. The third-order valence-electron chi connectivity index (χ3n) is 2.69. The van der Waals surface area contributed by atoms with Crippen molar-refractivity contribution in [3.05, 3.63) is 0 Å². The molecule has 0 amide bonds. The molecule has 0 aromatic rings. The fourth-order valence-electron chi connectivity index (χ4n) is 1.57. The van der Waals surface area contributed by atoms with Crippen LogP contribution in [0.2, 0.25) is 0 Å². The Hall–Kier alpha value is -0.660. The lowest BCUT2D eigenvalue weighted by Gasteiger charge is -2.21. The molecule has 1 rings (SSSR count). The summed E-state index contributed by atoms with van der Waals surface area (Å²) in [5.74, 6) is -1.35. The summed E-state index contributed by atoms with van der Waals surface area (Å²) in [4.78, 5) is 10.6. The smallest absolute Gasteiger partial charge is 0.323 e. The van der Waals surface area contributed by atoms with E-state index >= 15 is 0 Å². The van der Waals surface area contributed by atoms with Crippen molar-refractivity contribution in [2.24, 2.45) is 0 Å². The van der Waals surface area contributed by atoms with Gasteiger partial charge in [-0.05, 0) is 26.7 Å². The van der Waals surface area contributed by atoms with E-state index in [-0.39, 0.29) is 6.10 Å². The molecule has 0 saturated carbocycles. The summed E-state index contributed by atoms with van der Waals surface area (Å²) in [7, 11) is -3.83. The van der Waals surface area contributed by atoms with Crippen molar-refractivity contribution in [2.45, 2.75) is 44.1 Å². The van der Waals surface area contributed by atoms with E-state index in [0.717, 1.165) is 19.8 Å². The van der Waals surface area contributed by atoms with Gasteiger partial charge in [0.05, 0.1) is 6.10 Å². The highest BCUT2D eigenvalue weighted by Gasteiger charge is 2.32. The largest absolute Gasteiger partial charge is 0.480 e. The zero-order valence-corrected chi connectivity index (χ0v) is 10.2. The first-order valence-corrected chi connectivity index (χ1v) is 6.75. The van der Waals surface area contributed by atoms with Crippen LogP contribution in [0.15, 0.2) is 0 Å². The van der Waals surface area contributed by atoms with Crippen LogP contribution in [0.4, 0.5) is 0 Å². The highest BCUT2D eigenvalue weighted by Crippen LogP contribution is 2.16. The normalized spacial score (nSPS) is 25.2. The first-order valence-electron chi connectivity index (χ1n) is 5.20. The molecule has 16 heavy (non-hydrogen) atoms. The van der Waals surface area contributed by atoms with E-state index in [2.05, 4.69) is 4.72 Å². The van der Waals surface area contributed by atoms with Crippen molar-refractivity contribution in [3.8, 4) is 0 Å². The van der Waals surface area contributed by atoms with Gasteiger partial charge in [-0.2, -0.15) is 0 Å². The van der Waals surface area contributed by atoms with E-state index in [1.807, 2.05) is 0 Å². The number of nitrogens with one attached hydrogen (secondary N) is 1. The van der Waals surface area contributed by atoms with E-state index in [9.17, 15) is 13.2 Å². The topological polar surface area (TPSA) is 92.7 Å². The van der Waals surface area contributed by atoms with Gasteiger partial charge in [-0.1, -0.05) is 0 Å². The zero-order valence-electron chi connectivity index (χ0n) is 9.34. The molecule has 0 aromatic heterocycles. The van der Waals surface area contributed by atoms with Crippen molar-refractivity contribution in [1.29, 1.82) is 0 Å². The zero-order chi connectivity index (χ0) is 12.3. The summed E-state index contributed by atoms with van der Waals surface area (Å²) in [6.45, 7) is 3.46. The maximum atomic E-state index is 11.6. The van der Waals surface area contributed by atoms with Gasteiger partial charge in [0.15, 0.2) is 5.25 Å². The fourth-order valence-corrected chi connectivity index (χ4v) is 2.71. The van der Waals surface area contributed by atoms with Gasteiger partial charge in [0.2, 0.25) is 10.0 Å². The fraction of sp³-hybridized carbons (Fsp3) is 0.889. The maximum absolute atomic E-state index is 11.6. The average Bonchev–Trinajstić information content (AvgIpc) is 2.68. The Kier molecular flexibility index (Phi) is 4.28. The van der Waals surface area contributed by atoms with Crippen LogP contribution in [-0.4, -0.2) is 43.5 Å². The van der Waals surface area contributed by atoms with Crippen molar-refractivity contribution in [2.75, 3.05) is 6.61 Å². The minimum absolute atomic E-state index is 0.157. The molecule has 0 bridgehead atoms. The molecule has 1 heterocycles. The highest BCUT2D eigenvalue weighted by atomic mass is 32.2. The third-order valence-corrected chi connectivity index (χ3v) is 4.52. The summed E-state index contributed by atoms with van der Waals surface area (Å²) in [5.41, 5.74) is 0. The second-order valence-electron chi connectivity index (χ2n) is 3.98. The van der Waals surface area contributed by atoms with Crippen LogP contribution in [0.25, 0.3) is 0 Å². The number of sulfonamides is 1. The lowest BCUT2D eigenvalue weighted by Crippen LogP contribution is -2.46. The molecule has 3 unspecified atom stereocenters. The second kappa shape index (κ2) is 5.11. The molecule has 1 saturated heterocycles. The van der Waals surface area contributed by atoms with Crippen molar-refractivity contribution in [1.82, 2.24) is 4.72 Å². The number of ether oxygens (including phenoxy) is 1. The van der Waals surface area contributed by atoms with Crippen LogP contribution < -0.4 is 4.72 Å². The SMILES string of the molecule is CC(NS(=O)(=O)C(C)C(=O)O)C1CCCO1. The Morgan fingerprint density at radius 2 is 2.12 bits per heavy atom. The van der Waals surface area contributed by atoms with Gasteiger partial charge in [-0.15, -0.1) is 0 Å². The lowest BCUT2D eigenvalue weighted by atomic mass is 10.1. The number of carboxylic acid groups (broad SMARTS) is 1. The van der Waals surface area contributed by atoms with Crippen LogP contribution in [0, 0.1) is 0 Å². The Morgan fingerprint density at radius 3 is 2.56 bits per heavy atom. The van der Waals surface area contributed by atoms with Gasteiger partial charge in [-0.3, -0.25) is 4.79 Å². The Bertz CT molecular complexity index is 347. The molecule has 0 radical (unpaired) electrons. The minimum atomic E-state index is -3.83. The van der Waals surface area contributed by atoms with E-state index in [4.69, 9.17) is 9.84 Å². The summed E-state index contributed by atoms with van der Waals surface area (Å²) >= 11 is 0. The molecule has 1 fully saturated rings. The quantitative estimate of drug-likeness (QED) is 0.714. The first-order chi connectivity index (χ1) is 7.34. The second-order valence-corrected chi connectivity index (χ2v) is 6.02. The van der Waals surface area contributed by atoms with Crippen LogP contribution in [0.3, 0.4) is 0 Å². The predicted octanol–water partition coefficient (Wildman–Crippen LogP) is -0.0536. The number of rotatable bonds is 5. The van der Waals surface area contributed by atoms with E-state index in [1.54, 1.807) is 6.92 Å². The number of hydrogen-bond acceptors (Lipinski definition) is 4. The maximum Gasteiger partial charge on any atom is 0.323 e. The molecule has 2 N–H and O–H groups in total. The molecular weight excluding hydrogens is 234 g/mol. The molecular formula is C9H17NO5S. The molecule has 0 aliphatic carbocycles. The van der Waals surface area contributed by atoms with Crippen molar-refractivity contribution in [3.63, 3.8) is 0 Å². The summed E-state index contributed by atoms with van der Waals surface area (Å²) in [6, 6.07) is -0.394. The van der Waals surface area contributed by atoms with E-state index in [0.29, 0.717) is 6.61 Å². The van der Waals surface area contributed by atoms with Crippen LogP contribution in [-0.2, 0) is 19.6 Å². The van der Waals surface area contributed by atoms with Crippen molar-refractivity contribution >= 4 is 16.0 Å². The van der Waals surface area contributed by atoms with Gasteiger partial charge in [0, 0.05) is 12.6 Å². The molecule has 0 spiro atoms. The average molecular weight is 251 g/mol. The molecule has 1 aliphatic rings. The lowest BCUT2D eigenvalue weighted by molar-refractivity contribution is -0.136. The van der Waals surface area contributed by atoms with Gasteiger partial charge in [0.25, 0.3) is 0 Å². The number of aliphatic carboxylic acids is 1. The summed E-state index contributed by atoms with van der Waals surface area (Å²) in [6.07, 6.45) is 1.55. The highest BCUT2D eigenvalue weighted by molar-refractivity contribution is 7.90. The molecule has 0 aromatic carbocycles. The third kappa shape index (κ3) is 3.16. The van der Waals surface area contributed by atoms with Gasteiger partial charge in [-0.25, -0.2) is 13.1 Å². The van der Waals surface area contributed by atoms with Crippen LogP contribution in [0.5, 0.6) is 0 Å². The molecule has 94 valence electrons. The van der Waals surface area contributed by atoms with Crippen LogP contribution >= 0.6 is 0 Å². The van der Waals surface area contributed by atoms with Gasteiger partial charge >= 0.3 is 5.97 Å². The number of carboxylic acids is 1. The number of carbonyl (C=O) groups is 1. The van der Waals surface area contributed by atoms with E-state index < -0.39 is 27.3 Å². The molecule has 1 aliphatic heterocycles. The molecule has 7 heteroatoms. The first kappa shape index (κ1) is 13.4.